The summed E-state index contributed by atoms with van der Waals surface area (Å²) < 4.78 is 0. The highest BCUT2D eigenvalue weighted by Gasteiger charge is 2.42. The topological polar surface area (TPSA) is 58.2 Å². The van der Waals surface area contributed by atoms with Crippen LogP contribution in [0.2, 0.25) is 0 Å². The van der Waals surface area contributed by atoms with Gasteiger partial charge in [-0.3, -0.25) is 9.59 Å². The van der Waals surface area contributed by atoms with E-state index in [1.807, 2.05) is 12.1 Å². The predicted molar refractivity (Wildman–Crippen MR) is 127 cm³/mol. The molecule has 0 saturated carbocycles. The number of nitrogens with one attached hydrogen (secondary N) is 2. The summed E-state index contributed by atoms with van der Waals surface area (Å²) >= 11 is 0. The van der Waals surface area contributed by atoms with Crippen LogP contribution in [0.3, 0.4) is 0 Å². The molecular weight excluding hydrogens is 396 g/mol. The Hall–Kier alpha value is -3.66. The van der Waals surface area contributed by atoms with Gasteiger partial charge in [0, 0.05) is 37.1 Å². The van der Waals surface area contributed by atoms with Crippen LogP contribution in [0.15, 0.2) is 78.9 Å². The van der Waals surface area contributed by atoms with Crippen molar-refractivity contribution in [2.45, 2.75) is 18.3 Å². The second-order valence-corrected chi connectivity index (χ2v) is 8.56. The van der Waals surface area contributed by atoms with Gasteiger partial charge in [-0.1, -0.05) is 60.7 Å². The van der Waals surface area contributed by atoms with Crippen LogP contribution in [0.1, 0.15) is 56.4 Å². The van der Waals surface area contributed by atoms with Crippen molar-refractivity contribution in [1.82, 2.24) is 10.6 Å². The maximum atomic E-state index is 12.5. The van der Waals surface area contributed by atoms with Crippen LogP contribution < -0.4 is 10.6 Å². The smallest absolute Gasteiger partial charge is 0.251 e. The van der Waals surface area contributed by atoms with E-state index in [1.165, 1.54) is 22.3 Å². The van der Waals surface area contributed by atoms with Crippen molar-refractivity contribution in [1.29, 1.82) is 0 Å². The third kappa shape index (κ3) is 3.62. The molecule has 32 heavy (non-hydrogen) atoms. The van der Waals surface area contributed by atoms with Gasteiger partial charge in [-0.05, 0) is 58.4 Å². The second-order valence-electron chi connectivity index (χ2n) is 8.56. The van der Waals surface area contributed by atoms with Crippen LogP contribution in [0.25, 0.3) is 6.08 Å². The molecule has 2 N–H and O–H groups in total. The fourth-order valence-electron chi connectivity index (χ4n) is 5.31. The summed E-state index contributed by atoms with van der Waals surface area (Å²) in [5.41, 5.74) is 7.19. The number of rotatable bonds is 5. The van der Waals surface area contributed by atoms with Gasteiger partial charge in [0.1, 0.15) is 0 Å². The summed E-state index contributed by atoms with van der Waals surface area (Å²) in [6.45, 7) is 0.655. The fourth-order valence-corrected chi connectivity index (χ4v) is 5.31. The Balaban J connectivity index is 1.27. The first-order valence-corrected chi connectivity index (χ1v) is 11.1. The maximum Gasteiger partial charge on any atom is 0.251 e. The van der Waals surface area contributed by atoms with Gasteiger partial charge in [0.15, 0.2) is 0 Å². The van der Waals surface area contributed by atoms with Crippen LogP contribution in [-0.2, 0) is 4.79 Å². The van der Waals surface area contributed by atoms with E-state index in [0.717, 1.165) is 12.0 Å². The highest BCUT2D eigenvalue weighted by Crippen LogP contribution is 2.55. The summed E-state index contributed by atoms with van der Waals surface area (Å²) in [7, 11) is 1.61. The van der Waals surface area contributed by atoms with Crippen LogP contribution >= 0.6 is 0 Å². The zero-order valence-corrected chi connectivity index (χ0v) is 18.0. The minimum absolute atomic E-state index is 0.0941. The molecule has 4 heteroatoms. The lowest BCUT2D eigenvalue weighted by molar-refractivity contribution is -0.116. The largest absolute Gasteiger partial charge is 0.355 e. The van der Waals surface area contributed by atoms with E-state index >= 15 is 0 Å². The Bertz CT molecular complexity index is 1150. The highest BCUT2D eigenvalue weighted by atomic mass is 16.2. The van der Waals surface area contributed by atoms with E-state index in [-0.39, 0.29) is 11.8 Å². The first kappa shape index (κ1) is 20.3. The standard InChI is InChI=1S/C28H26N2O2/c1-29-28(32)19-13-10-18(11-14-19)12-15-26(31)30-17-20-16-25-21-6-2-4-8-23(21)27(20)24-9-5-3-7-22(24)25/h2-15,20,25,27H,16-17H2,1H3,(H,29,32)(H,30,31)/b15-12+. The zero-order valence-electron chi connectivity index (χ0n) is 18.0. The van der Waals surface area contributed by atoms with Crippen molar-refractivity contribution in [3.05, 3.63) is 112 Å². The van der Waals surface area contributed by atoms with Gasteiger partial charge in [0.05, 0.1) is 0 Å². The first-order valence-electron chi connectivity index (χ1n) is 11.1. The summed E-state index contributed by atoms with van der Waals surface area (Å²) in [5, 5.41) is 5.72. The molecule has 2 amide bonds. The minimum Gasteiger partial charge on any atom is -0.355 e. The SMILES string of the molecule is CNC(=O)c1ccc(/C=C/C(=O)NCC2CC3c4ccccc4C2c2ccccc23)cc1. The van der Waals surface area contributed by atoms with E-state index in [4.69, 9.17) is 0 Å². The first-order chi connectivity index (χ1) is 15.7. The number of hydrogen-bond acceptors (Lipinski definition) is 2. The van der Waals surface area contributed by atoms with Crippen LogP contribution in [-0.4, -0.2) is 25.4 Å². The molecule has 3 aliphatic carbocycles. The third-order valence-electron chi connectivity index (χ3n) is 6.79. The lowest BCUT2D eigenvalue weighted by atomic mass is 9.59. The monoisotopic (exact) mass is 422 g/mol. The van der Waals surface area contributed by atoms with E-state index < -0.39 is 0 Å². The molecular formula is C28H26N2O2. The van der Waals surface area contributed by atoms with Crippen molar-refractivity contribution in [2.75, 3.05) is 13.6 Å². The molecule has 0 saturated heterocycles. The number of fused-ring (bicyclic) bond motifs is 1. The zero-order chi connectivity index (χ0) is 22.1. The summed E-state index contributed by atoms with van der Waals surface area (Å²) in [6.07, 6.45) is 4.40. The Kier molecular flexibility index (Phi) is 5.36. The molecule has 0 spiro atoms. The van der Waals surface area contributed by atoms with Crippen LogP contribution in [0, 0.1) is 5.92 Å². The predicted octanol–water partition coefficient (Wildman–Crippen LogP) is 4.47. The molecule has 2 bridgehead atoms. The molecule has 3 aromatic carbocycles. The number of amides is 2. The molecule has 6 rings (SSSR count). The molecule has 0 aromatic heterocycles. The van der Waals surface area contributed by atoms with Crippen LogP contribution in [0.4, 0.5) is 0 Å². The lowest BCUT2D eigenvalue weighted by Gasteiger charge is -2.45. The molecule has 0 fully saturated rings. The number of carbonyl (C=O) groups excluding carboxylic acids is 2. The van der Waals surface area contributed by atoms with Gasteiger partial charge in [-0.15, -0.1) is 0 Å². The van der Waals surface area contributed by atoms with Gasteiger partial charge in [0.25, 0.3) is 5.91 Å². The Morgan fingerprint density at radius 3 is 2.06 bits per heavy atom. The van der Waals surface area contributed by atoms with Crippen LogP contribution in [0.5, 0.6) is 0 Å². The summed E-state index contributed by atoms with van der Waals surface area (Å²) in [4.78, 5) is 24.2. The Morgan fingerprint density at radius 2 is 1.47 bits per heavy atom. The number of hydrogen-bond donors (Lipinski definition) is 2. The maximum absolute atomic E-state index is 12.5. The minimum atomic E-state index is -0.122. The second kappa shape index (κ2) is 8.46. The van der Waals surface area contributed by atoms with Crippen molar-refractivity contribution < 1.29 is 9.59 Å². The molecule has 1 unspecified atom stereocenters. The molecule has 0 radical (unpaired) electrons. The fraction of sp³-hybridized carbons (Fsp3) is 0.214. The van der Waals surface area contributed by atoms with Gasteiger partial charge >= 0.3 is 0 Å². The van der Waals surface area contributed by atoms with Gasteiger partial charge in [-0.25, -0.2) is 0 Å². The van der Waals surface area contributed by atoms with Gasteiger partial charge < -0.3 is 10.6 Å². The number of benzene rings is 3. The average Bonchev–Trinajstić information content (AvgIpc) is 2.86. The van der Waals surface area contributed by atoms with E-state index in [0.29, 0.717) is 29.9 Å². The highest BCUT2D eigenvalue weighted by molar-refractivity contribution is 5.94. The quantitative estimate of drug-likeness (QED) is 0.596. The van der Waals surface area contributed by atoms with Crippen molar-refractivity contribution >= 4 is 17.9 Å². The molecule has 160 valence electrons. The molecule has 3 aromatic rings. The Labute approximate surface area is 188 Å². The Morgan fingerprint density at radius 1 is 0.875 bits per heavy atom. The number of carbonyl (C=O) groups is 2. The summed E-state index contributed by atoms with van der Waals surface area (Å²) in [5.74, 6) is 0.901. The molecule has 0 aliphatic heterocycles. The molecule has 4 nitrogen and oxygen atoms in total. The molecule has 1 atom stereocenters. The van der Waals surface area contributed by atoms with E-state index in [9.17, 15) is 9.59 Å². The summed E-state index contributed by atoms with van der Waals surface area (Å²) in [6, 6.07) is 24.7. The van der Waals surface area contributed by atoms with E-state index in [2.05, 4.69) is 59.2 Å². The van der Waals surface area contributed by atoms with Crippen molar-refractivity contribution in [3.8, 4) is 0 Å². The average molecular weight is 423 g/mol. The third-order valence-corrected chi connectivity index (χ3v) is 6.79. The molecule has 0 heterocycles. The van der Waals surface area contributed by atoms with Crippen molar-refractivity contribution in [3.63, 3.8) is 0 Å². The van der Waals surface area contributed by atoms with Gasteiger partial charge in [0.2, 0.25) is 5.91 Å². The van der Waals surface area contributed by atoms with E-state index in [1.54, 1.807) is 31.3 Å². The normalized spacial score (nSPS) is 20.5. The molecule has 3 aliphatic rings. The van der Waals surface area contributed by atoms with Crippen molar-refractivity contribution in [2.24, 2.45) is 5.92 Å². The van der Waals surface area contributed by atoms with Gasteiger partial charge in [-0.2, -0.15) is 0 Å². The lowest BCUT2D eigenvalue weighted by Crippen LogP contribution is -2.38.